The molecule has 0 aliphatic carbocycles. The monoisotopic (exact) mass is 88.1 g/mol. The highest BCUT2D eigenvalue weighted by Gasteiger charge is 2.06. The van der Waals surface area contributed by atoms with Gasteiger partial charge in [0, 0.05) is 0 Å². The summed E-state index contributed by atoms with van der Waals surface area (Å²) in [6, 6.07) is 0. The fourth-order valence-corrected chi connectivity index (χ4v) is 0.411. The van der Waals surface area contributed by atoms with Crippen molar-refractivity contribution >= 4 is 0 Å². The summed E-state index contributed by atoms with van der Waals surface area (Å²) in [5.41, 5.74) is 5.30. The first kappa shape index (κ1) is 4.05. The van der Waals surface area contributed by atoms with Crippen molar-refractivity contribution < 1.29 is 4.74 Å². The van der Waals surface area contributed by atoms with E-state index in [0.29, 0.717) is 13.3 Å². The van der Waals surface area contributed by atoms with Crippen molar-refractivity contribution in [3.8, 4) is 0 Å². The van der Waals surface area contributed by atoms with Gasteiger partial charge in [-0.2, -0.15) is 0 Å². The predicted octanol–water partition coefficient (Wildman–Crippen LogP) is -1.15. The molecule has 3 nitrogen and oxygen atoms in total. The highest BCUT2D eigenvalue weighted by molar-refractivity contribution is 4.58. The van der Waals surface area contributed by atoms with Crippen molar-refractivity contribution in [3.63, 3.8) is 0 Å². The molecule has 1 fully saturated rings. The second-order valence-electron chi connectivity index (χ2n) is 1.33. The van der Waals surface area contributed by atoms with Gasteiger partial charge in [0.15, 0.2) is 0 Å². The standard InChI is InChI=1S/C3H8N2O/c4-3-1-6-2-5-3/h3,5H,1-2,4H2. The molecule has 3 heteroatoms. The maximum Gasteiger partial charge on any atom is 0.0979 e. The third-order valence-corrected chi connectivity index (χ3v) is 0.745. The molecular formula is C3H8N2O. The second-order valence-corrected chi connectivity index (χ2v) is 1.33. The van der Waals surface area contributed by atoms with Gasteiger partial charge in [0.05, 0.1) is 19.5 Å². The summed E-state index contributed by atoms with van der Waals surface area (Å²) in [6.45, 7) is 1.27. The molecule has 1 saturated heterocycles. The van der Waals surface area contributed by atoms with Gasteiger partial charge in [-0.05, 0) is 0 Å². The third kappa shape index (κ3) is 0.680. The minimum Gasteiger partial charge on any atom is -0.363 e. The van der Waals surface area contributed by atoms with Crippen LogP contribution in [-0.2, 0) is 4.74 Å². The van der Waals surface area contributed by atoms with Crippen LogP contribution in [0.5, 0.6) is 0 Å². The molecule has 1 heterocycles. The van der Waals surface area contributed by atoms with Crippen LogP contribution < -0.4 is 11.1 Å². The molecule has 0 saturated carbocycles. The second kappa shape index (κ2) is 1.55. The van der Waals surface area contributed by atoms with E-state index < -0.39 is 0 Å². The van der Waals surface area contributed by atoms with Crippen molar-refractivity contribution in [2.75, 3.05) is 13.3 Å². The largest absolute Gasteiger partial charge is 0.363 e. The van der Waals surface area contributed by atoms with Crippen LogP contribution >= 0.6 is 0 Å². The summed E-state index contributed by atoms with van der Waals surface area (Å²) >= 11 is 0. The van der Waals surface area contributed by atoms with Crippen LogP contribution in [0.4, 0.5) is 0 Å². The van der Waals surface area contributed by atoms with Crippen LogP contribution in [0.25, 0.3) is 0 Å². The zero-order valence-corrected chi connectivity index (χ0v) is 3.48. The molecule has 36 valence electrons. The predicted molar refractivity (Wildman–Crippen MR) is 21.9 cm³/mol. The Hall–Kier alpha value is -0.120. The smallest absolute Gasteiger partial charge is 0.0979 e. The van der Waals surface area contributed by atoms with E-state index in [1.165, 1.54) is 0 Å². The van der Waals surface area contributed by atoms with E-state index >= 15 is 0 Å². The van der Waals surface area contributed by atoms with Gasteiger partial charge in [0.25, 0.3) is 0 Å². The van der Waals surface area contributed by atoms with Crippen LogP contribution in [0, 0.1) is 0 Å². The minimum absolute atomic E-state index is 0.0741. The highest BCUT2D eigenvalue weighted by atomic mass is 16.5. The zero-order valence-electron chi connectivity index (χ0n) is 3.48. The molecule has 0 aromatic rings. The van der Waals surface area contributed by atoms with Crippen molar-refractivity contribution in [3.05, 3.63) is 0 Å². The summed E-state index contributed by atoms with van der Waals surface area (Å²) in [7, 11) is 0. The van der Waals surface area contributed by atoms with Crippen LogP contribution in [0.2, 0.25) is 0 Å². The number of rotatable bonds is 0. The van der Waals surface area contributed by atoms with Gasteiger partial charge in [0.1, 0.15) is 0 Å². The van der Waals surface area contributed by atoms with Gasteiger partial charge >= 0.3 is 0 Å². The molecular weight excluding hydrogens is 80.0 g/mol. The molecule has 0 spiro atoms. The van der Waals surface area contributed by atoms with Gasteiger partial charge in [-0.15, -0.1) is 0 Å². The van der Waals surface area contributed by atoms with E-state index in [0.717, 1.165) is 0 Å². The third-order valence-electron chi connectivity index (χ3n) is 0.745. The summed E-state index contributed by atoms with van der Waals surface area (Å²) in [6.07, 6.45) is 0.0741. The molecule has 3 N–H and O–H groups in total. The van der Waals surface area contributed by atoms with Crippen molar-refractivity contribution in [1.29, 1.82) is 0 Å². The van der Waals surface area contributed by atoms with Crippen molar-refractivity contribution in [2.45, 2.75) is 6.17 Å². The van der Waals surface area contributed by atoms with Crippen molar-refractivity contribution in [2.24, 2.45) is 5.73 Å². The van der Waals surface area contributed by atoms with Gasteiger partial charge in [0.2, 0.25) is 0 Å². The quantitative estimate of drug-likeness (QED) is 0.393. The van der Waals surface area contributed by atoms with Gasteiger partial charge in [-0.3, -0.25) is 5.32 Å². The van der Waals surface area contributed by atoms with Crippen LogP contribution in [0.3, 0.4) is 0 Å². The first-order valence-corrected chi connectivity index (χ1v) is 1.96. The topological polar surface area (TPSA) is 47.3 Å². The molecule has 1 aliphatic heterocycles. The molecule has 1 aliphatic rings. The SMILES string of the molecule is NC1COCN1. The Morgan fingerprint density at radius 3 is 2.83 bits per heavy atom. The normalized spacial score (nSPS) is 34.5. The van der Waals surface area contributed by atoms with Gasteiger partial charge < -0.3 is 10.5 Å². The van der Waals surface area contributed by atoms with E-state index in [9.17, 15) is 0 Å². The average molecular weight is 88.1 g/mol. The van der Waals surface area contributed by atoms with E-state index in [1.54, 1.807) is 0 Å². The van der Waals surface area contributed by atoms with E-state index in [4.69, 9.17) is 10.5 Å². The number of hydrogen-bond donors (Lipinski definition) is 2. The molecule has 0 amide bonds. The molecule has 6 heavy (non-hydrogen) atoms. The van der Waals surface area contributed by atoms with E-state index in [-0.39, 0.29) is 6.17 Å². The Morgan fingerprint density at radius 2 is 2.67 bits per heavy atom. The molecule has 0 bridgehead atoms. The van der Waals surface area contributed by atoms with Gasteiger partial charge in [-0.1, -0.05) is 0 Å². The first-order chi connectivity index (χ1) is 2.89. The number of hydrogen-bond acceptors (Lipinski definition) is 3. The molecule has 0 aromatic heterocycles. The van der Waals surface area contributed by atoms with Crippen LogP contribution in [0.1, 0.15) is 0 Å². The van der Waals surface area contributed by atoms with E-state index in [1.807, 2.05) is 0 Å². The summed E-state index contributed by atoms with van der Waals surface area (Å²) in [5.74, 6) is 0. The molecule has 0 radical (unpaired) electrons. The number of ether oxygens (including phenoxy) is 1. The average Bonchev–Trinajstić information content (AvgIpc) is 1.86. The van der Waals surface area contributed by atoms with Crippen molar-refractivity contribution in [1.82, 2.24) is 5.32 Å². The van der Waals surface area contributed by atoms with Crippen LogP contribution in [-0.4, -0.2) is 19.5 Å². The lowest BCUT2D eigenvalue weighted by Crippen LogP contribution is -2.32. The molecule has 1 rings (SSSR count). The fraction of sp³-hybridized carbons (Fsp3) is 1.00. The first-order valence-electron chi connectivity index (χ1n) is 1.96. The number of nitrogens with one attached hydrogen (secondary N) is 1. The zero-order chi connectivity index (χ0) is 4.41. The Kier molecular flexibility index (Phi) is 1.05. The summed E-state index contributed by atoms with van der Waals surface area (Å²) < 4.78 is 4.82. The maximum absolute atomic E-state index is 5.30. The van der Waals surface area contributed by atoms with Gasteiger partial charge in [-0.25, -0.2) is 0 Å². The minimum atomic E-state index is 0.0741. The maximum atomic E-state index is 5.30. The fourth-order valence-electron chi connectivity index (χ4n) is 0.411. The molecule has 0 aromatic carbocycles. The van der Waals surface area contributed by atoms with Crippen LogP contribution in [0.15, 0.2) is 0 Å². The molecule has 1 atom stereocenters. The number of nitrogens with two attached hydrogens (primary N) is 1. The lowest BCUT2D eigenvalue weighted by Gasteiger charge is -1.92. The summed E-state index contributed by atoms with van der Waals surface area (Å²) in [5, 5.41) is 2.88. The Morgan fingerprint density at radius 1 is 1.83 bits per heavy atom. The lowest BCUT2D eigenvalue weighted by atomic mass is 10.6. The van der Waals surface area contributed by atoms with E-state index in [2.05, 4.69) is 5.32 Å². The molecule has 1 unspecified atom stereocenters. The Balaban J connectivity index is 2.18. The Labute approximate surface area is 36.5 Å². The Bertz CT molecular complexity index is 42.1. The lowest BCUT2D eigenvalue weighted by molar-refractivity contribution is 0.190. The summed E-state index contributed by atoms with van der Waals surface area (Å²) in [4.78, 5) is 0. The highest BCUT2D eigenvalue weighted by Crippen LogP contribution is 1.82.